The van der Waals surface area contributed by atoms with Crippen LogP contribution in [-0.2, 0) is 4.74 Å². The smallest absolute Gasteiger partial charge is 0.172 e. The number of halogens is 1. The van der Waals surface area contributed by atoms with E-state index in [9.17, 15) is 0 Å². The van der Waals surface area contributed by atoms with Gasteiger partial charge in [-0.1, -0.05) is 21.1 Å². The molecule has 1 aromatic carbocycles. The van der Waals surface area contributed by atoms with E-state index in [1.807, 2.05) is 18.2 Å². The summed E-state index contributed by atoms with van der Waals surface area (Å²) in [7, 11) is 0. The van der Waals surface area contributed by atoms with E-state index < -0.39 is 0 Å². The summed E-state index contributed by atoms with van der Waals surface area (Å²) >= 11 is 3.43. The molecule has 0 aliphatic carbocycles. The Bertz CT molecular complexity index is 554. The molecule has 0 amide bonds. The summed E-state index contributed by atoms with van der Waals surface area (Å²) in [5.74, 6) is 0.105. The van der Waals surface area contributed by atoms with Gasteiger partial charge in [0, 0.05) is 28.8 Å². The van der Waals surface area contributed by atoms with E-state index >= 15 is 0 Å². The number of anilines is 1. The molecule has 21 heavy (non-hydrogen) atoms. The third-order valence-electron chi connectivity index (χ3n) is 3.38. The lowest BCUT2D eigenvalue weighted by molar-refractivity contribution is -0.133. The molecule has 0 radical (unpaired) electrons. The number of oxime groups is 1. The normalized spacial score (nSPS) is 21.4. The van der Waals surface area contributed by atoms with E-state index in [1.54, 1.807) is 0 Å². The first-order valence-electron chi connectivity index (χ1n) is 6.86. The average Bonchev–Trinajstić information content (AvgIpc) is 2.33. The number of nitrogens with zero attached hydrogens (tertiary/aromatic N) is 2. The maximum atomic E-state index is 9.01. The molecule has 2 rings (SSSR count). The van der Waals surface area contributed by atoms with Crippen molar-refractivity contribution in [2.24, 2.45) is 10.9 Å². The Labute approximate surface area is 133 Å². The van der Waals surface area contributed by atoms with Gasteiger partial charge in [-0.05, 0) is 45.9 Å². The van der Waals surface area contributed by atoms with Crippen LogP contribution in [0.15, 0.2) is 27.8 Å². The van der Waals surface area contributed by atoms with Crippen molar-refractivity contribution in [1.82, 2.24) is 0 Å². The summed E-state index contributed by atoms with van der Waals surface area (Å²) in [5, 5.41) is 12.2. The minimum atomic E-state index is -0.267. The van der Waals surface area contributed by atoms with Crippen molar-refractivity contribution < 1.29 is 9.94 Å². The molecule has 0 saturated carbocycles. The molecular formula is C15H22BrN3O2. The summed E-state index contributed by atoms with van der Waals surface area (Å²) in [4.78, 5) is 2.23. The molecule has 0 aromatic heterocycles. The molecular weight excluding hydrogens is 334 g/mol. The number of amidine groups is 1. The third kappa shape index (κ3) is 3.68. The quantitative estimate of drug-likeness (QED) is 0.370. The summed E-state index contributed by atoms with van der Waals surface area (Å²) in [6, 6.07) is 5.80. The van der Waals surface area contributed by atoms with Crippen LogP contribution in [0, 0.1) is 0 Å². The number of nitrogens with two attached hydrogens (primary N) is 1. The van der Waals surface area contributed by atoms with E-state index in [0.29, 0.717) is 5.56 Å². The van der Waals surface area contributed by atoms with Gasteiger partial charge < -0.3 is 20.6 Å². The molecule has 5 nitrogen and oxygen atoms in total. The second-order valence-corrected chi connectivity index (χ2v) is 7.54. The van der Waals surface area contributed by atoms with Crippen molar-refractivity contribution in [3.8, 4) is 0 Å². The molecule has 0 spiro atoms. The lowest BCUT2D eigenvalue weighted by Crippen LogP contribution is -2.57. The molecule has 116 valence electrons. The van der Waals surface area contributed by atoms with E-state index in [0.717, 1.165) is 23.2 Å². The van der Waals surface area contributed by atoms with Crippen LogP contribution in [-0.4, -0.2) is 35.3 Å². The number of rotatable bonds is 2. The molecule has 1 heterocycles. The van der Waals surface area contributed by atoms with Gasteiger partial charge in [-0.3, -0.25) is 0 Å². The molecule has 1 fully saturated rings. The van der Waals surface area contributed by atoms with Crippen LogP contribution in [0.1, 0.15) is 33.3 Å². The van der Waals surface area contributed by atoms with E-state index in [-0.39, 0.29) is 17.0 Å². The van der Waals surface area contributed by atoms with Crippen molar-refractivity contribution >= 4 is 27.5 Å². The topological polar surface area (TPSA) is 71.1 Å². The fourth-order valence-corrected chi connectivity index (χ4v) is 3.36. The molecule has 3 N–H and O–H groups in total. The second-order valence-electron chi connectivity index (χ2n) is 6.62. The maximum absolute atomic E-state index is 9.01. The number of benzene rings is 1. The summed E-state index contributed by atoms with van der Waals surface area (Å²) in [5.41, 5.74) is 6.95. The van der Waals surface area contributed by atoms with Crippen molar-refractivity contribution in [2.75, 3.05) is 18.0 Å². The van der Waals surface area contributed by atoms with Crippen LogP contribution in [0.5, 0.6) is 0 Å². The van der Waals surface area contributed by atoms with Crippen molar-refractivity contribution in [3.63, 3.8) is 0 Å². The fraction of sp³-hybridized carbons (Fsp3) is 0.533. The molecule has 1 aromatic rings. The third-order valence-corrected chi connectivity index (χ3v) is 3.87. The molecule has 0 atom stereocenters. The first kappa shape index (κ1) is 16.1. The minimum absolute atomic E-state index is 0.105. The van der Waals surface area contributed by atoms with Gasteiger partial charge >= 0.3 is 0 Å². The van der Waals surface area contributed by atoms with Crippen LogP contribution >= 0.6 is 15.9 Å². The Kier molecular flexibility index (Phi) is 4.22. The monoisotopic (exact) mass is 355 g/mol. The predicted molar refractivity (Wildman–Crippen MR) is 88.1 cm³/mol. The first-order valence-corrected chi connectivity index (χ1v) is 7.65. The van der Waals surface area contributed by atoms with Gasteiger partial charge in [0.25, 0.3) is 0 Å². The van der Waals surface area contributed by atoms with Gasteiger partial charge in [-0.2, -0.15) is 0 Å². The highest BCUT2D eigenvalue weighted by Crippen LogP contribution is 2.34. The SMILES string of the molecule is CC1(C)CN(c2ccc(Br)cc2/C(N)=N/O)CC(C)(C)O1. The largest absolute Gasteiger partial charge is 0.409 e. The number of morpholine rings is 1. The second kappa shape index (κ2) is 5.50. The van der Waals surface area contributed by atoms with Gasteiger partial charge in [0.1, 0.15) is 0 Å². The molecule has 0 unspecified atom stereocenters. The molecule has 1 saturated heterocycles. The Morgan fingerprint density at radius 1 is 1.29 bits per heavy atom. The Morgan fingerprint density at radius 3 is 2.38 bits per heavy atom. The highest BCUT2D eigenvalue weighted by molar-refractivity contribution is 9.10. The van der Waals surface area contributed by atoms with Crippen molar-refractivity contribution in [1.29, 1.82) is 0 Å². The number of hydrogen-bond acceptors (Lipinski definition) is 4. The number of ether oxygens (including phenoxy) is 1. The zero-order valence-corrected chi connectivity index (χ0v) is 14.4. The first-order chi connectivity index (χ1) is 9.63. The Morgan fingerprint density at radius 2 is 1.86 bits per heavy atom. The summed E-state index contributed by atoms with van der Waals surface area (Å²) < 4.78 is 6.99. The van der Waals surface area contributed by atoms with Gasteiger partial charge in [0.05, 0.1) is 11.2 Å². The minimum Gasteiger partial charge on any atom is -0.409 e. The van der Waals surface area contributed by atoms with Gasteiger partial charge in [0.15, 0.2) is 5.84 Å². The predicted octanol–water partition coefficient (Wildman–Crippen LogP) is 2.94. The van der Waals surface area contributed by atoms with E-state index in [4.69, 9.17) is 15.7 Å². The zero-order chi connectivity index (χ0) is 15.8. The van der Waals surface area contributed by atoms with Crippen LogP contribution in [0.2, 0.25) is 0 Å². The molecule has 1 aliphatic heterocycles. The Hall–Kier alpha value is -1.27. The maximum Gasteiger partial charge on any atom is 0.172 e. The standard InChI is InChI=1S/C15H22BrN3O2/c1-14(2)8-19(9-15(3,4)21-14)12-6-5-10(16)7-11(12)13(17)18-20/h5-7,20H,8-9H2,1-4H3,(H2,17,18). The summed E-state index contributed by atoms with van der Waals surface area (Å²) in [6.07, 6.45) is 0. The zero-order valence-electron chi connectivity index (χ0n) is 12.9. The van der Waals surface area contributed by atoms with Crippen LogP contribution in [0.4, 0.5) is 5.69 Å². The molecule has 6 heteroatoms. The van der Waals surface area contributed by atoms with Gasteiger partial charge in [0.2, 0.25) is 0 Å². The van der Waals surface area contributed by atoms with E-state index in [2.05, 4.69) is 53.7 Å². The number of hydrogen-bond donors (Lipinski definition) is 2. The molecule has 0 bridgehead atoms. The fourth-order valence-electron chi connectivity index (χ4n) is 3.00. The van der Waals surface area contributed by atoms with E-state index in [1.165, 1.54) is 0 Å². The van der Waals surface area contributed by atoms with Gasteiger partial charge in [-0.15, -0.1) is 0 Å². The van der Waals surface area contributed by atoms with Crippen LogP contribution in [0.3, 0.4) is 0 Å². The van der Waals surface area contributed by atoms with Gasteiger partial charge in [-0.25, -0.2) is 0 Å². The highest BCUT2D eigenvalue weighted by atomic mass is 79.9. The molecule has 1 aliphatic rings. The van der Waals surface area contributed by atoms with Crippen LogP contribution in [0.25, 0.3) is 0 Å². The summed E-state index contributed by atoms with van der Waals surface area (Å²) in [6.45, 7) is 9.77. The highest BCUT2D eigenvalue weighted by Gasteiger charge is 2.38. The average molecular weight is 356 g/mol. The van der Waals surface area contributed by atoms with Crippen molar-refractivity contribution in [2.45, 2.75) is 38.9 Å². The Balaban J connectivity index is 2.46. The van der Waals surface area contributed by atoms with Crippen LogP contribution < -0.4 is 10.6 Å². The lowest BCUT2D eigenvalue weighted by atomic mass is 9.97. The lowest BCUT2D eigenvalue weighted by Gasteiger charge is -2.48. The van der Waals surface area contributed by atoms with Crippen molar-refractivity contribution in [3.05, 3.63) is 28.2 Å².